The molecular formula is C12H9Br2N3O. The number of hydrogen-bond donors (Lipinski definition) is 2. The van der Waals surface area contributed by atoms with Gasteiger partial charge in [0, 0.05) is 4.47 Å². The van der Waals surface area contributed by atoms with Crippen molar-refractivity contribution >= 4 is 49.3 Å². The molecule has 0 spiro atoms. The molecule has 2 aromatic rings. The lowest BCUT2D eigenvalue weighted by atomic mass is 10.2. The monoisotopic (exact) mass is 369 g/mol. The molecule has 0 saturated heterocycles. The highest BCUT2D eigenvalue weighted by Gasteiger charge is 2.11. The molecule has 0 atom stereocenters. The molecule has 0 aliphatic rings. The maximum Gasteiger partial charge on any atom is 0.257 e. The average Bonchev–Trinajstić information content (AvgIpc) is 2.33. The van der Waals surface area contributed by atoms with Crippen LogP contribution in [-0.2, 0) is 0 Å². The van der Waals surface area contributed by atoms with Gasteiger partial charge >= 0.3 is 0 Å². The van der Waals surface area contributed by atoms with E-state index in [1.54, 1.807) is 24.3 Å². The number of nitrogens with two attached hydrogens (primary N) is 1. The minimum absolute atomic E-state index is 0.236. The smallest absolute Gasteiger partial charge is 0.257 e. The molecule has 92 valence electrons. The van der Waals surface area contributed by atoms with E-state index in [9.17, 15) is 4.79 Å². The SMILES string of the molecule is Nc1cnc(NC(=O)c2ccccc2Br)c(Br)c1. The van der Waals surface area contributed by atoms with E-state index in [0.29, 0.717) is 21.5 Å². The molecule has 4 nitrogen and oxygen atoms in total. The normalized spacial score (nSPS) is 10.1. The van der Waals surface area contributed by atoms with Gasteiger partial charge in [0.15, 0.2) is 0 Å². The van der Waals surface area contributed by atoms with Gasteiger partial charge in [-0.2, -0.15) is 0 Å². The molecule has 1 heterocycles. The highest BCUT2D eigenvalue weighted by molar-refractivity contribution is 9.11. The first-order chi connectivity index (χ1) is 8.58. The molecule has 0 aliphatic heterocycles. The topological polar surface area (TPSA) is 68.0 Å². The minimum Gasteiger partial charge on any atom is -0.397 e. The number of nitrogens with zero attached hydrogens (tertiary/aromatic N) is 1. The van der Waals surface area contributed by atoms with Crippen molar-refractivity contribution in [3.05, 3.63) is 51.0 Å². The molecule has 0 bridgehead atoms. The number of hydrogen-bond acceptors (Lipinski definition) is 3. The Balaban J connectivity index is 2.24. The lowest BCUT2D eigenvalue weighted by molar-refractivity contribution is 0.102. The zero-order valence-electron chi connectivity index (χ0n) is 9.15. The summed E-state index contributed by atoms with van der Waals surface area (Å²) in [5, 5.41) is 2.71. The summed E-state index contributed by atoms with van der Waals surface area (Å²) < 4.78 is 1.37. The second-order valence-electron chi connectivity index (χ2n) is 3.53. The lowest BCUT2D eigenvalue weighted by Crippen LogP contribution is -2.14. The van der Waals surface area contributed by atoms with Gasteiger partial charge in [-0.1, -0.05) is 12.1 Å². The number of carbonyl (C=O) groups is 1. The summed E-state index contributed by atoms with van der Waals surface area (Å²) in [5.41, 5.74) is 6.65. The first-order valence-electron chi connectivity index (χ1n) is 5.05. The molecule has 0 saturated carbocycles. The Bertz CT molecular complexity index is 602. The number of nitrogen functional groups attached to an aromatic ring is 1. The fourth-order valence-electron chi connectivity index (χ4n) is 1.36. The number of amides is 1. The molecule has 3 N–H and O–H groups in total. The second kappa shape index (κ2) is 5.49. The Morgan fingerprint density at radius 1 is 1.22 bits per heavy atom. The number of carbonyl (C=O) groups excluding carboxylic acids is 1. The van der Waals surface area contributed by atoms with Crippen molar-refractivity contribution < 1.29 is 4.79 Å². The molecule has 0 unspecified atom stereocenters. The zero-order valence-corrected chi connectivity index (χ0v) is 12.3. The van der Waals surface area contributed by atoms with E-state index >= 15 is 0 Å². The van der Waals surface area contributed by atoms with E-state index < -0.39 is 0 Å². The van der Waals surface area contributed by atoms with Crippen molar-refractivity contribution in [3.63, 3.8) is 0 Å². The van der Waals surface area contributed by atoms with Crippen LogP contribution >= 0.6 is 31.9 Å². The quantitative estimate of drug-likeness (QED) is 0.850. The van der Waals surface area contributed by atoms with Crippen molar-refractivity contribution in [2.45, 2.75) is 0 Å². The van der Waals surface area contributed by atoms with Gasteiger partial charge in [-0.25, -0.2) is 4.98 Å². The second-order valence-corrected chi connectivity index (χ2v) is 5.24. The first-order valence-corrected chi connectivity index (χ1v) is 6.63. The van der Waals surface area contributed by atoms with Crippen LogP contribution in [0.5, 0.6) is 0 Å². The molecule has 1 aromatic heterocycles. The molecule has 0 aliphatic carbocycles. The largest absolute Gasteiger partial charge is 0.397 e. The predicted octanol–water partition coefficient (Wildman–Crippen LogP) is 3.44. The number of halogens is 2. The Labute approximate surface area is 121 Å². The number of rotatable bonds is 2. The standard InChI is InChI=1S/C12H9Br2N3O/c13-9-4-2-1-3-8(9)12(18)17-11-10(14)5-7(15)6-16-11/h1-6H,15H2,(H,16,17,18). The number of aromatic nitrogens is 1. The van der Waals surface area contributed by atoms with Crippen LogP contribution in [0.1, 0.15) is 10.4 Å². The average molecular weight is 371 g/mol. The third-order valence-corrected chi connectivity index (χ3v) is 3.51. The van der Waals surface area contributed by atoms with Crippen LogP contribution in [0.25, 0.3) is 0 Å². The molecule has 1 aromatic carbocycles. The van der Waals surface area contributed by atoms with Gasteiger partial charge in [0.1, 0.15) is 5.82 Å². The Hall–Kier alpha value is -1.40. The van der Waals surface area contributed by atoms with Crippen LogP contribution in [0, 0.1) is 0 Å². The summed E-state index contributed by atoms with van der Waals surface area (Å²) in [7, 11) is 0. The van der Waals surface area contributed by atoms with E-state index in [2.05, 4.69) is 42.2 Å². The highest BCUT2D eigenvalue weighted by atomic mass is 79.9. The fraction of sp³-hybridized carbons (Fsp3) is 0. The minimum atomic E-state index is -0.236. The summed E-state index contributed by atoms with van der Waals surface area (Å²) >= 11 is 6.63. The van der Waals surface area contributed by atoms with Crippen LogP contribution in [0.2, 0.25) is 0 Å². The third kappa shape index (κ3) is 2.88. The van der Waals surface area contributed by atoms with Crippen molar-refractivity contribution in [2.75, 3.05) is 11.1 Å². The Kier molecular flexibility index (Phi) is 3.98. The van der Waals surface area contributed by atoms with Gasteiger partial charge in [-0.15, -0.1) is 0 Å². The first kappa shape index (κ1) is 13.0. The van der Waals surface area contributed by atoms with Gasteiger partial charge < -0.3 is 11.1 Å². The molecule has 18 heavy (non-hydrogen) atoms. The molecular weight excluding hydrogens is 362 g/mol. The van der Waals surface area contributed by atoms with Crippen molar-refractivity contribution in [1.82, 2.24) is 4.98 Å². The van der Waals surface area contributed by atoms with Crippen molar-refractivity contribution in [2.24, 2.45) is 0 Å². The van der Waals surface area contributed by atoms with Gasteiger partial charge in [-0.3, -0.25) is 4.79 Å². The molecule has 0 radical (unpaired) electrons. The maximum absolute atomic E-state index is 12.0. The Morgan fingerprint density at radius 3 is 2.61 bits per heavy atom. The number of anilines is 2. The molecule has 2 rings (SSSR count). The van der Waals surface area contributed by atoms with Crippen molar-refractivity contribution in [1.29, 1.82) is 0 Å². The number of benzene rings is 1. The third-order valence-electron chi connectivity index (χ3n) is 2.21. The van der Waals surface area contributed by atoms with Crippen LogP contribution in [-0.4, -0.2) is 10.9 Å². The molecule has 1 amide bonds. The van der Waals surface area contributed by atoms with E-state index in [1.165, 1.54) is 6.20 Å². The van der Waals surface area contributed by atoms with Gasteiger partial charge in [0.2, 0.25) is 0 Å². The van der Waals surface area contributed by atoms with Gasteiger partial charge in [0.25, 0.3) is 5.91 Å². The van der Waals surface area contributed by atoms with Crippen LogP contribution < -0.4 is 11.1 Å². The van der Waals surface area contributed by atoms with Crippen LogP contribution in [0.15, 0.2) is 45.5 Å². The summed E-state index contributed by atoms with van der Waals surface area (Å²) in [6.45, 7) is 0. The molecule has 6 heteroatoms. The van der Waals surface area contributed by atoms with Gasteiger partial charge in [0.05, 0.1) is 21.9 Å². The van der Waals surface area contributed by atoms with Crippen LogP contribution in [0.3, 0.4) is 0 Å². The van der Waals surface area contributed by atoms with E-state index in [1.807, 2.05) is 6.07 Å². The highest BCUT2D eigenvalue weighted by Crippen LogP contribution is 2.23. The summed E-state index contributed by atoms with van der Waals surface area (Å²) in [4.78, 5) is 16.1. The summed E-state index contributed by atoms with van der Waals surface area (Å²) in [5.74, 6) is 0.199. The predicted molar refractivity (Wildman–Crippen MR) is 78.4 cm³/mol. The lowest BCUT2D eigenvalue weighted by Gasteiger charge is -2.08. The van der Waals surface area contributed by atoms with E-state index in [-0.39, 0.29) is 5.91 Å². The Morgan fingerprint density at radius 2 is 1.94 bits per heavy atom. The number of nitrogens with one attached hydrogen (secondary N) is 1. The van der Waals surface area contributed by atoms with Gasteiger partial charge in [-0.05, 0) is 50.1 Å². The van der Waals surface area contributed by atoms with Crippen LogP contribution in [0.4, 0.5) is 11.5 Å². The van der Waals surface area contributed by atoms with E-state index in [4.69, 9.17) is 5.73 Å². The summed E-state index contributed by atoms with van der Waals surface area (Å²) in [6.07, 6.45) is 1.49. The van der Waals surface area contributed by atoms with E-state index in [0.717, 1.165) is 4.47 Å². The number of pyridine rings is 1. The fourth-order valence-corrected chi connectivity index (χ4v) is 2.30. The zero-order chi connectivity index (χ0) is 13.1. The molecule has 0 fully saturated rings. The maximum atomic E-state index is 12.0. The van der Waals surface area contributed by atoms with Crippen molar-refractivity contribution in [3.8, 4) is 0 Å². The summed E-state index contributed by atoms with van der Waals surface area (Å²) in [6, 6.07) is 8.86.